The summed E-state index contributed by atoms with van der Waals surface area (Å²) in [6.07, 6.45) is 1.26. The Bertz CT molecular complexity index is 686. The Morgan fingerprint density at radius 2 is 1.64 bits per heavy atom. The Morgan fingerprint density at radius 1 is 0.909 bits per heavy atom. The molecule has 0 amide bonds. The van der Waals surface area contributed by atoms with E-state index in [0.29, 0.717) is 5.92 Å². The summed E-state index contributed by atoms with van der Waals surface area (Å²) in [5.41, 5.74) is 7.40. The van der Waals surface area contributed by atoms with Crippen LogP contribution in [0.1, 0.15) is 33.7 Å². The van der Waals surface area contributed by atoms with Gasteiger partial charge in [0, 0.05) is 19.0 Å². The van der Waals surface area contributed by atoms with Gasteiger partial charge in [-0.15, -0.1) is 0 Å². The molecule has 0 aromatic heterocycles. The van der Waals surface area contributed by atoms with E-state index in [9.17, 15) is 0 Å². The summed E-state index contributed by atoms with van der Waals surface area (Å²) in [7, 11) is 2.28. The Labute approximate surface area is 134 Å². The summed E-state index contributed by atoms with van der Waals surface area (Å²) in [5, 5.41) is 0. The molecule has 0 spiro atoms. The standard InChI is InChI=1S/C21H25N/c1-14-4-7-16(8-5-14)21-19-10-15(2)6-9-17(19)11-18-12-22(3)13-20(18)21/h4-10,18,20-21H,11-13H2,1-3H3. The van der Waals surface area contributed by atoms with Crippen LogP contribution >= 0.6 is 0 Å². The maximum absolute atomic E-state index is 2.52. The molecular formula is C21H25N. The highest BCUT2D eigenvalue weighted by atomic mass is 15.1. The van der Waals surface area contributed by atoms with Crippen LogP contribution in [0.25, 0.3) is 0 Å². The SMILES string of the molecule is Cc1ccc(C2c3cc(C)ccc3CC3CN(C)CC32)cc1. The van der Waals surface area contributed by atoms with E-state index in [-0.39, 0.29) is 0 Å². The zero-order valence-electron chi connectivity index (χ0n) is 13.8. The Kier molecular flexibility index (Phi) is 3.34. The molecule has 2 aromatic rings. The van der Waals surface area contributed by atoms with Gasteiger partial charge < -0.3 is 4.90 Å². The maximum atomic E-state index is 2.52. The Morgan fingerprint density at radius 3 is 2.41 bits per heavy atom. The molecule has 22 heavy (non-hydrogen) atoms. The van der Waals surface area contributed by atoms with Gasteiger partial charge >= 0.3 is 0 Å². The van der Waals surface area contributed by atoms with E-state index in [4.69, 9.17) is 0 Å². The highest BCUT2D eigenvalue weighted by Crippen LogP contribution is 2.46. The predicted molar refractivity (Wildman–Crippen MR) is 92.4 cm³/mol. The summed E-state index contributed by atoms with van der Waals surface area (Å²) >= 11 is 0. The number of likely N-dealkylation sites (tertiary alicyclic amines) is 1. The molecule has 114 valence electrons. The van der Waals surface area contributed by atoms with Crippen molar-refractivity contribution in [1.29, 1.82) is 0 Å². The van der Waals surface area contributed by atoms with Gasteiger partial charge in [0.2, 0.25) is 0 Å². The van der Waals surface area contributed by atoms with Crippen molar-refractivity contribution >= 4 is 0 Å². The fraction of sp³-hybridized carbons (Fsp3) is 0.429. The van der Waals surface area contributed by atoms with E-state index in [2.05, 4.69) is 68.3 Å². The summed E-state index contributed by atoms with van der Waals surface area (Å²) in [4.78, 5) is 2.52. The zero-order valence-corrected chi connectivity index (χ0v) is 13.8. The first-order valence-electron chi connectivity index (χ1n) is 8.46. The van der Waals surface area contributed by atoms with Crippen LogP contribution in [0.2, 0.25) is 0 Å². The van der Waals surface area contributed by atoms with Gasteiger partial charge in [0.1, 0.15) is 0 Å². The molecule has 1 heterocycles. The molecule has 3 unspecified atom stereocenters. The van der Waals surface area contributed by atoms with Gasteiger partial charge in [-0.1, -0.05) is 53.6 Å². The van der Waals surface area contributed by atoms with Crippen molar-refractivity contribution in [2.75, 3.05) is 20.1 Å². The average molecular weight is 291 g/mol. The van der Waals surface area contributed by atoms with Crippen molar-refractivity contribution in [3.8, 4) is 0 Å². The molecule has 2 aliphatic rings. The first kappa shape index (κ1) is 14.0. The smallest absolute Gasteiger partial charge is 0.0136 e. The first-order chi connectivity index (χ1) is 10.6. The Balaban J connectivity index is 1.85. The third kappa shape index (κ3) is 2.28. The van der Waals surface area contributed by atoms with Crippen molar-refractivity contribution in [2.45, 2.75) is 26.2 Å². The van der Waals surface area contributed by atoms with Crippen molar-refractivity contribution in [2.24, 2.45) is 11.8 Å². The Hall–Kier alpha value is -1.60. The third-order valence-electron chi connectivity index (χ3n) is 5.66. The van der Waals surface area contributed by atoms with Crippen LogP contribution in [0.3, 0.4) is 0 Å². The van der Waals surface area contributed by atoms with Crippen LogP contribution in [-0.2, 0) is 6.42 Å². The normalized spacial score (nSPS) is 27.5. The van der Waals surface area contributed by atoms with E-state index >= 15 is 0 Å². The van der Waals surface area contributed by atoms with Gasteiger partial charge in [0.15, 0.2) is 0 Å². The monoisotopic (exact) mass is 291 g/mol. The lowest BCUT2D eigenvalue weighted by atomic mass is 9.67. The number of rotatable bonds is 1. The lowest BCUT2D eigenvalue weighted by Crippen LogP contribution is -2.29. The first-order valence-corrected chi connectivity index (χ1v) is 8.46. The van der Waals surface area contributed by atoms with Crippen molar-refractivity contribution < 1.29 is 0 Å². The molecule has 2 aromatic carbocycles. The van der Waals surface area contributed by atoms with E-state index in [1.165, 1.54) is 36.2 Å². The number of fused-ring (bicyclic) bond motifs is 2. The molecule has 4 rings (SSSR count). The molecule has 1 aliphatic carbocycles. The third-order valence-corrected chi connectivity index (χ3v) is 5.66. The largest absolute Gasteiger partial charge is 0.306 e. The summed E-state index contributed by atoms with van der Waals surface area (Å²) in [6.45, 7) is 6.88. The second kappa shape index (κ2) is 5.24. The average Bonchev–Trinajstić information content (AvgIpc) is 2.86. The second-order valence-electron chi connectivity index (χ2n) is 7.44. The molecular weight excluding hydrogens is 266 g/mol. The lowest BCUT2D eigenvalue weighted by molar-refractivity contribution is 0.351. The summed E-state index contributed by atoms with van der Waals surface area (Å²) in [6, 6.07) is 16.3. The minimum atomic E-state index is 0.569. The van der Waals surface area contributed by atoms with Gasteiger partial charge in [0.05, 0.1) is 0 Å². The molecule has 0 saturated carbocycles. The summed E-state index contributed by atoms with van der Waals surface area (Å²) < 4.78 is 0. The van der Waals surface area contributed by atoms with Crippen LogP contribution in [0.15, 0.2) is 42.5 Å². The lowest BCUT2D eigenvalue weighted by Gasteiger charge is -2.36. The van der Waals surface area contributed by atoms with Crippen molar-refractivity contribution in [3.63, 3.8) is 0 Å². The molecule has 1 nitrogen and oxygen atoms in total. The minimum absolute atomic E-state index is 0.569. The number of hydrogen-bond donors (Lipinski definition) is 0. The van der Waals surface area contributed by atoms with E-state index in [1.807, 2.05) is 0 Å². The van der Waals surface area contributed by atoms with Gasteiger partial charge in [-0.25, -0.2) is 0 Å². The minimum Gasteiger partial charge on any atom is -0.306 e. The number of nitrogens with zero attached hydrogens (tertiary/aromatic N) is 1. The van der Waals surface area contributed by atoms with E-state index < -0.39 is 0 Å². The van der Waals surface area contributed by atoms with E-state index in [0.717, 1.165) is 11.8 Å². The van der Waals surface area contributed by atoms with E-state index in [1.54, 1.807) is 11.1 Å². The highest BCUT2D eigenvalue weighted by Gasteiger charge is 2.42. The number of aryl methyl sites for hydroxylation is 2. The van der Waals surface area contributed by atoms with Gasteiger partial charge in [-0.2, -0.15) is 0 Å². The molecule has 0 N–H and O–H groups in total. The van der Waals surface area contributed by atoms with Crippen LogP contribution < -0.4 is 0 Å². The number of hydrogen-bond acceptors (Lipinski definition) is 1. The molecule has 1 heteroatoms. The van der Waals surface area contributed by atoms with Gasteiger partial charge in [-0.3, -0.25) is 0 Å². The molecule has 1 saturated heterocycles. The maximum Gasteiger partial charge on any atom is 0.0136 e. The van der Waals surface area contributed by atoms with Gasteiger partial charge in [0.25, 0.3) is 0 Å². The quantitative estimate of drug-likeness (QED) is 0.762. The number of benzene rings is 2. The highest BCUT2D eigenvalue weighted by molar-refractivity contribution is 5.44. The second-order valence-corrected chi connectivity index (χ2v) is 7.44. The molecule has 3 atom stereocenters. The van der Waals surface area contributed by atoms with Crippen LogP contribution in [0, 0.1) is 25.7 Å². The topological polar surface area (TPSA) is 3.24 Å². The van der Waals surface area contributed by atoms with Crippen LogP contribution in [0.5, 0.6) is 0 Å². The van der Waals surface area contributed by atoms with Gasteiger partial charge in [-0.05, 0) is 55.8 Å². The zero-order chi connectivity index (χ0) is 15.3. The fourth-order valence-electron chi connectivity index (χ4n) is 4.62. The molecule has 1 aliphatic heterocycles. The van der Waals surface area contributed by atoms with Crippen LogP contribution in [0.4, 0.5) is 0 Å². The molecule has 1 fully saturated rings. The summed E-state index contributed by atoms with van der Waals surface area (Å²) in [5.74, 6) is 2.15. The molecule has 0 bridgehead atoms. The van der Waals surface area contributed by atoms with Crippen LogP contribution in [-0.4, -0.2) is 25.0 Å². The molecule has 0 radical (unpaired) electrons. The predicted octanol–water partition coefficient (Wildman–Crippen LogP) is 4.17. The van der Waals surface area contributed by atoms with Crippen molar-refractivity contribution in [3.05, 3.63) is 70.3 Å². The van der Waals surface area contributed by atoms with Crippen molar-refractivity contribution in [1.82, 2.24) is 4.90 Å². The fourth-order valence-corrected chi connectivity index (χ4v) is 4.62.